The molecular formula is C21H22ClN3O6S2. The maximum atomic E-state index is 11.6. The van der Waals surface area contributed by atoms with E-state index in [0.717, 1.165) is 12.5 Å². The van der Waals surface area contributed by atoms with Gasteiger partial charge < -0.3 is 11.5 Å². The van der Waals surface area contributed by atoms with Gasteiger partial charge in [-0.2, -0.15) is 4.99 Å². The first kappa shape index (κ1) is 27.8. The zero-order valence-electron chi connectivity index (χ0n) is 17.8. The van der Waals surface area contributed by atoms with Crippen LogP contribution >= 0.6 is 11.6 Å². The smallest absolute Gasteiger partial charge is 0.280 e. The average Bonchev–Trinajstić information content (AvgIpc) is 2.71. The zero-order valence-corrected chi connectivity index (χ0v) is 20.2. The van der Waals surface area contributed by atoms with Crippen molar-refractivity contribution in [2.45, 2.75) is 9.79 Å². The maximum Gasteiger partial charge on any atom is 0.280 e. The molecular weight excluding hydrogens is 490 g/mol. The van der Waals surface area contributed by atoms with Crippen molar-refractivity contribution in [3.05, 3.63) is 71.8 Å². The minimum Gasteiger partial charge on any atom is -0.370 e. The van der Waals surface area contributed by atoms with Crippen molar-refractivity contribution in [2.75, 3.05) is 12.5 Å². The Bertz CT molecular complexity index is 1360. The van der Waals surface area contributed by atoms with E-state index in [1.54, 1.807) is 0 Å². The summed E-state index contributed by atoms with van der Waals surface area (Å²) in [6.45, 7) is 7.01. The summed E-state index contributed by atoms with van der Waals surface area (Å²) in [7, 11) is -6.85. The number of carbonyl (C=O) groups is 2. The molecule has 0 saturated carbocycles. The minimum atomic E-state index is -3.46. The molecule has 0 unspecified atom stereocenters. The molecule has 0 aromatic heterocycles. The van der Waals surface area contributed by atoms with Gasteiger partial charge in [-0.1, -0.05) is 37.4 Å². The number of rotatable bonds is 6. The summed E-state index contributed by atoms with van der Waals surface area (Å²) in [6, 6.07) is 8.34. The summed E-state index contributed by atoms with van der Waals surface area (Å²) >= 11 is 5.26. The van der Waals surface area contributed by atoms with Gasteiger partial charge in [-0.05, 0) is 47.0 Å². The molecule has 9 nitrogen and oxygen atoms in total. The van der Waals surface area contributed by atoms with E-state index in [4.69, 9.17) is 23.1 Å². The van der Waals surface area contributed by atoms with Gasteiger partial charge in [-0.3, -0.25) is 9.59 Å². The van der Waals surface area contributed by atoms with Crippen LogP contribution in [0.25, 0.3) is 12.2 Å². The predicted molar refractivity (Wildman–Crippen MR) is 130 cm³/mol. The zero-order chi connectivity index (χ0) is 25.6. The van der Waals surface area contributed by atoms with E-state index in [-0.39, 0.29) is 26.9 Å². The second kappa shape index (κ2) is 11.0. The molecule has 0 aliphatic heterocycles. The fourth-order valence-electron chi connectivity index (χ4n) is 2.49. The highest BCUT2D eigenvalue weighted by atomic mass is 35.5. The second-order valence-corrected chi connectivity index (χ2v) is 10.9. The van der Waals surface area contributed by atoms with Gasteiger partial charge in [0, 0.05) is 23.6 Å². The number of hydrogen-bond donors (Lipinski definition) is 2. The Morgan fingerprint density at radius 3 is 1.58 bits per heavy atom. The molecule has 0 radical (unpaired) electrons. The highest BCUT2D eigenvalue weighted by Gasteiger charge is 2.16. The predicted octanol–water partition coefficient (Wildman–Crippen LogP) is 2.26. The molecule has 0 aliphatic carbocycles. The number of sulfone groups is 2. The van der Waals surface area contributed by atoms with Gasteiger partial charge in [0.25, 0.3) is 11.1 Å². The Morgan fingerprint density at radius 2 is 1.24 bits per heavy atom. The van der Waals surface area contributed by atoms with Gasteiger partial charge >= 0.3 is 0 Å². The quantitative estimate of drug-likeness (QED) is 0.338. The third-order valence-electron chi connectivity index (χ3n) is 3.97. The molecule has 0 aliphatic rings. The van der Waals surface area contributed by atoms with E-state index in [1.807, 2.05) is 0 Å². The number of carbonyl (C=O) groups excluding carboxylic acids is 2. The summed E-state index contributed by atoms with van der Waals surface area (Å²) < 4.78 is 45.9. The molecule has 0 atom stereocenters. The number of amides is 1. The lowest BCUT2D eigenvalue weighted by Gasteiger charge is -2.05. The lowest BCUT2D eigenvalue weighted by Crippen LogP contribution is -2.24. The van der Waals surface area contributed by atoms with Crippen LogP contribution in [0.5, 0.6) is 0 Å². The van der Waals surface area contributed by atoms with Crippen molar-refractivity contribution >= 4 is 60.5 Å². The summed E-state index contributed by atoms with van der Waals surface area (Å²) in [4.78, 5) is 25.8. The van der Waals surface area contributed by atoms with Gasteiger partial charge in [0.1, 0.15) is 0 Å². The van der Waals surface area contributed by atoms with Crippen molar-refractivity contribution in [1.82, 2.24) is 0 Å². The Kier molecular flexibility index (Phi) is 9.28. The molecule has 1 amide bonds. The summed E-state index contributed by atoms with van der Waals surface area (Å²) in [5, 5.41) is -0.685. The second-order valence-electron chi connectivity index (χ2n) is 6.57. The molecule has 0 saturated heterocycles. The van der Waals surface area contributed by atoms with Crippen molar-refractivity contribution in [3.63, 3.8) is 0 Å². The Balaban J connectivity index is 0.000000335. The van der Waals surface area contributed by atoms with Gasteiger partial charge in [0.05, 0.1) is 9.79 Å². The third kappa shape index (κ3) is 7.97. The number of guanidine groups is 1. The van der Waals surface area contributed by atoms with Gasteiger partial charge in [0.2, 0.25) is 0 Å². The third-order valence-corrected chi connectivity index (χ3v) is 6.49. The largest absolute Gasteiger partial charge is 0.370 e. The van der Waals surface area contributed by atoms with Crippen LogP contribution in [0, 0.1) is 0 Å². The first-order valence-electron chi connectivity index (χ1n) is 8.88. The molecule has 2 rings (SSSR count). The van der Waals surface area contributed by atoms with Crippen LogP contribution in [0.1, 0.15) is 31.8 Å². The molecule has 176 valence electrons. The molecule has 33 heavy (non-hydrogen) atoms. The van der Waals surface area contributed by atoms with Crippen molar-refractivity contribution in [3.8, 4) is 0 Å². The van der Waals surface area contributed by atoms with Crippen molar-refractivity contribution in [1.29, 1.82) is 0 Å². The van der Waals surface area contributed by atoms with E-state index in [1.165, 1.54) is 48.6 Å². The number of nitrogens with zero attached hydrogens (tertiary/aromatic N) is 1. The Hall–Kier alpha value is -3.28. The monoisotopic (exact) mass is 511 g/mol. The summed E-state index contributed by atoms with van der Waals surface area (Å²) in [5.74, 6) is -1.08. The van der Waals surface area contributed by atoms with E-state index < -0.39 is 30.8 Å². The lowest BCUT2D eigenvalue weighted by molar-refractivity contribution is 0.100. The number of nitrogens with two attached hydrogens (primary N) is 2. The number of halogens is 1. The molecule has 0 spiro atoms. The van der Waals surface area contributed by atoms with E-state index in [0.29, 0.717) is 11.1 Å². The normalized spacial score (nSPS) is 10.9. The molecule has 0 heterocycles. The first-order valence-corrected chi connectivity index (χ1v) is 13.0. The van der Waals surface area contributed by atoms with E-state index in [9.17, 15) is 26.4 Å². The summed E-state index contributed by atoms with van der Waals surface area (Å²) in [5.41, 5.74) is 11.3. The highest BCUT2D eigenvalue weighted by molar-refractivity contribution is 7.91. The van der Waals surface area contributed by atoms with Crippen molar-refractivity contribution < 1.29 is 26.4 Å². The van der Waals surface area contributed by atoms with Crippen LogP contribution in [0.2, 0.25) is 0 Å². The van der Waals surface area contributed by atoms with E-state index in [2.05, 4.69) is 18.2 Å². The molecule has 2 aromatic carbocycles. The fraction of sp³-hybridized carbons (Fsp3) is 0.0952. The Labute approximate surface area is 197 Å². The van der Waals surface area contributed by atoms with Crippen LogP contribution in [-0.2, 0) is 19.7 Å². The standard InChI is InChI=1S/C11H13N3O3S.C10H9ClO3S/c1-3-7-4-5-8(10(15)14-11(12)13)6-9(7)18(2,16)17;1-3-7-4-5-8(10(11)12)6-9(7)15(2,13)14/h3-6H,1H2,2H3,(H4,12,13,14,15);3-6H,1H2,2H3. The first-order chi connectivity index (χ1) is 15.1. The highest BCUT2D eigenvalue weighted by Crippen LogP contribution is 2.20. The summed E-state index contributed by atoms with van der Waals surface area (Å²) in [6.07, 6.45) is 4.92. The maximum absolute atomic E-state index is 11.6. The van der Waals surface area contributed by atoms with Crippen LogP contribution < -0.4 is 11.5 Å². The van der Waals surface area contributed by atoms with Gasteiger partial charge in [-0.15, -0.1) is 0 Å². The molecule has 0 fully saturated rings. The number of benzene rings is 2. The fourth-order valence-corrected chi connectivity index (χ4v) is 4.44. The van der Waals surface area contributed by atoms with E-state index >= 15 is 0 Å². The Morgan fingerprint density at radius 1 is 0.848 bits per heavy atom. The molecule has 0 bridgehead atoms. The van der Waals surface area contributed by atoms with Crippen LogP contribution in [-0.4, -0.2) is 46.5 Å². The number of hydrogen-bond acceptors (Lipinski definition) is 6. The molecule has 12 heteroatoms. The van der Waals surface area contributed by atoms with Crippen LogP contribution in [0.4, 0.5) is 0 Å². The lowest BCUT2D eigenvalue weighted by atomic mass is 10.1. The van der Waals surface area contributed by atoms with Crippen molar-refractivity contribution in [2.24, 2.45) is 16.5 Å². The molecule has 4 N–H and O–H groups in total. The topological polar surface area (TPSA) is 167 Å². The van der Waals surface area contributed by atoms with Crippen LogP contribution in [0.15, 0.2) is 64.3 Å². The van der Waals surface area contributed by atoms with Gasteiger partial charge in [-0.25, -0.2) is 16.8 Å². The van der Waals surface area contributed by atoms with Gasteiger partial charge in [0.15, 0.2) is 25.6 Å². The number of aliphatic imine (C=N–C) groups is 1. The average molecular weight is 512 g/mol. The molecule has 2 aromatic rings. The minimum absolute atomic E-state index is 0.00847. The van der Waals surface area contributed by atoms with Crippen LogP contribution in [0.3, 0.4) is 0 Å². The SMILES string of the molecule is C=Cc1ccc(C(=O)Cl)cc1S(C)(=O)=O.C=Cc1ccc(C(=O)N=C(N)N)cc1S(C)(=O)=O.